The molecule has 2 N–H and O–H groups in total. The number of anilines is 2. The zero-order valence-electron chi connectivity index (χ0n) is 17.5. The molecule has 1 aromatic rings. The van der Waals surface area contributed by atoms with Gasteiger partial charge in [-0.05, 0) is 5.57 Å². The van der Waals surface area contributed by atoms with Crippen molar-refractivity contribution in [3.05, 3.63) is 42.1 Å². The number of nitrogens with zero attached hydrogens (tertiary/aromatic N) is 5. The van der Waals surface area contributed by atoms with E-state index in [4.69, 9.17) is 9.47 Å². The van der Waals surface area contributed by atoms with Gasteiger partial charge in [-0.3, -0.25) is 10.3 Å². The topological polar surface area (TPSA) is 87.1 Å². The van der Waals surface area contributed by atoms with E-state index < -0.39 is 0 Å². The Morgan fingerprint density at radius 2 is 2.13 bits per heavy atom. The zero-order chi connectivity index (χ0) is 20.8. The average molecular weight is 412 g/mol. The van der Waals surface area contributed by atoms with Crippen molar-refractivity contribution in [2.75, 3.05) is 63.9 Å². The van der Waals surface area contributed by atoms with Crippen LogP contribution in [0, 0.1) is 5.92 Å². The lowest BCUT2D eigenvalue weighted by molar-refractivity contribution is 0.0317. The number of aromatic nitrogens is 2. The van der Waals surface area contributed by atoms with E-state index in [2.05, 4.69) is 55.0 Å². The van der Waals surface area contributed by atoms with E-state index in [9.17, 15) is 0 Å². The smallest absolute Gasteiger partial charge is 0.320 e. The summed E-state index contributed by atoms with van der Waals surface area (Å²) in [4.78, 5) is 13.2. The summed E-state index contributed by atoms with van der Waals surface area (Å²) in [5.74, 6) is 1.65. The summed E-state index contributed by atoms with van der Waals surface area (Å²) in [6.45, 7) is 4.77. The van der Waals surface area contributed by atoms with E-state index in [1.54, 1.807) is 0 Å². The number of morpholine rings is 1. The van der Waals surface area contributed by atoms with Crippen LogP contribution in [0.5, 0.6) is 6.01 Å². The molecule has 1 aliphatic carbocycles. The first-order valence-electron chi connectivity index (χ1n) is 10.3. The summed E-state index contributed by atoms with van der Waals surface area (Å²) in [7, 11) is 3.87. The normalized spacial score (nSPS) is 23.2. The Bertz CT molecular complexity index is 844. The number of rotatable bonds is 8. The van der Waals surface area contributed by atoms with Crippen molar-refractivity contribution < 1.29 is 9.47 Å². The Hall–Kier alpha value is -2.91. The van der Waals surface area contributed by atoms with Crippen LogP contribution in [0.4, 0.5) is 11.6 Å². The molecule has 1 fully saturated rings. The molecule has 9 heteroatoms. The van der Waals surface area contributed by atoms with Crippen LogP contribution in [0.15, 0.2) is 47.2 Å². The third kappa shape index (κ3) is 5.17. The van der Waals surface area contributed by atoms with Crippen molar-refractivity contribution in [3.63, 3.8) is 0 Å². The lowest BCUT2D eigenvalue weighted by Crippen LogP contribution is -2.38. The first-order valence-corrected chi connectivity index (χ1v) is 10.3. The molecule has 9 nitrogen and oxygen atoms in total. The molecule has 160 valence electrons. The molecule has 0 aromatic carbocycles. The number of fused-ring (bicyclic) bond motifs is 1. The molecule has 2 aliphatic heterocycles. The molecule has 2 unspecified atom stereocenters. The molecule has 0 amide bonds. The number of hydrogen-bond donors (Lipinski definition) is 2. The number of ether oxygens (including phenoxy) is 2. The van der Waals surface area contributed by atoms with Gasteiger partial charge in [0.1, 0.15) is 12.4 Å². The van der Waals surface area contributed by atoms with Crippen LogP contribution in [-0.4, -0.2) is 80.7 Å². The van der Waals surface area contributed by atoms with Gasteiger partial charge in [-0.2, -0.15) is 15.1 Å². The molecule has 0 bridgehead atoms. The average Bonchev–Trinajstić information content (AvgIpc) is 3.18. The molecular formula is C21H29N7O2. The summed E-state index contributed by atoms with van der Waals surface area (Å²) < 4.78 is 11.2. The second kappa shape index (κ2) is 9.73. The van der Waals surface area contributed by atoms with Crippen molar-refractivity contribution in [3.8, 4) is 6.01 Å². The predicted octanol–water partition coefficient (Wildman–Crippen LogP) is 1.25. The van der Waals surface area contributed by atoms with Gasteiger partial charge in [-0.15, -0.1) is 0 Å². The van der Waals surface area contributed by atoms with Gasteiger partial charge in [0, 0.05) is 51.9 Å². The van der Waals surface area contributed by atoms with E-state index in [-0.39, 0.29) is 0 Å². The Labute approximate surface area is 177 Å². The Balaban J connectivity index is 1.36. The summed E-state index contributed by atoms with van der Waals surface area (Å²) in [5.41, 5.74) is 4.14. The largest absolute Gasteiger partial charge is 0.462 e. The monoisotopic (exact) mass is 411 g/mol. The van der Waals surface area contributed by atoms with Crippen molar-refractivity contribution in [1.29, 1.82) is 0 Å². The lowest BCUT2D eigenvalue weighted by atomic mass is 9.92. The van der Waals surface area contributed by atoms with Gasteiger partial charge in [0.2, 0.25) is 0 Å². The quantitative estimate of drug-likeness (QED) is 0.488. The number of hydrogen-bond acceptors (Lipinski definition) is 9. The molecule has 1 aromatic heterocycles. The highest BCUT2D eigenvalue weighted by Crippen LogP contribution is 2.25. The van der Waals surface area contributed by atoms with Crippen molar-refractivity contribution in [2.45, 2.75) is 6.04 Å². The van der Waals surface area contributed by atoms with Crippen LogP contribution in [0.2, 0.25) is 0 Å². The van der Waals surface area contributed by atoms with Crippen LogP contribution < -0.4 is 20.4 Å². The second-order valence-corrected chi connectivity index (χ2v) is 7.59. The van der Waals surface area contributed by atoms with E-state index in [1.807, 2.05) is 37.5 Å². The Morgan fingerprint density at radius 1 is 1.30 bits per heavy atom. The maximum absolute atomic E-state index is 5.83. The fourth-order valence-electron chi connectivity index (χ4n) is 3.52. The third-order valence-electron chi connectivity index (χ3n) is 5.25. The van der Waals surface area contributed by atoms with Gasteiger partial charge >= 0.3 is 6.01 Å². The van der Waals surface area contributed by atoms with E-state index in [0.29, 0.717) is 30.4 Å². The molecule has 3 heterocycles. The highest BCUT2D eigenvalue weighted by atomic mass is 16.5. The SMILES string of the molecule is CN(C)c1cc(N/N=C/C2=CNC3C=CC=CC23)nc(OCCN2CCOCC2)n1. The molecule has 3 aliphatic rings. The predicted molar refractivity (Wildman–Crippen MR) is 118 cm³/mol. The highest BCUT2D eigenvalue weighted by Gasteiger charge is 2.25. The molecule has 0 radical (unpaired) electrons. The number of hydrazone groups is 1. The Morgan fingerprint density at radius 3 is 2.97 bits per heavy atom. The molecular weight excluding hydrogens is 382 g/mol. The summed E-state index contributed by atoms with van der Waals surface area (Å²) in [6, 6.07) is 2.50. The summed E-state index contributed by atoms with van der Waals surface area (Å²) >= 11 is 0. The highest BCUT2D eigenvalue weighted by molar-refractivity contribution is 5.81. The summed E-state index contributed by atoms with van der Waals surface area (Å²) in [5, 5.41) is 7.74. The van der Waals surface area contributed by atoms with Crippen molar-refractivity contribution in [2.24, 2.45) is 11.0 Å². The molecule has 0 saturated carbocycles. The maximum Gasteiger partial charge on any atom is 0.320 e. The molecule has 30 heavy (non-hydrogen) atoms. The fourth-order valence-corrected chi connectivity index (χ4v) is 3.52. The van der Waals surface area contributed by atoms with Gasteiger partial charge in [0.05, 0.1) is 25.5 Å². The van der Waals surface area contributed by atoms with Crippen LogP contribution in [0.3, 0.4) is 0 Å². The first-order chi connectivity index (χ1) is 14.7. The number of nitrogens with one attached hydrogen (secondary N) is 2. The van der Waals surface area contributed by atoms with Crippen molar-refractivity contribution in [1.82, 2.24) is 20.2 Å². The van der Waals surface area contributed by atoms with E-state index in [0.717, 1.165) is 44.2 Å². The third-order valence-corrected chi connectivity index (χ3v) is 5.25. The lowest BCUT2D eigenvalue weighted by Gasteiger charge is -2.26. The minimum absolute atomic E-state index is 0.308. The zero-order valence-corrected chi connectivity index (χ0v) is 17.5. The Kier molecular flexibility index (Phi) is 6.60. The van der Waals surface area contributed by atoms with E-state index in [1.165, 1.54) is 0 Å². The summed E-state index contributed by atoms with van der Waals surface area (Å²) in [6.07, 6.45) is 12.3. The van der Waals surface area contributed by atoms with Crippen LogP contribution >= 0.6 is 0 Å². The fraction of sp³-hybridized carbons (Fsp3) is 0.476. The standard InChI is InChI=1S/C21H29N7O2/c1-27(2)20-13-19(24-21(25-20)30-12-9-28-7-10-29-11-8-28)26-23-15-16-14-22-18-6-4-3-5-17(16)18/h3-6,13-15,17-18,22H,7-12H2,1-2H3,(H,24,25,26)/b23-15+. The van der Waals surface area contributed by atoms with Crippen molar-refractivity contribution >= 4 is 17.9 Å². The molecule has 0 spiro atoms. The molecule has 1 saturated heterocycles. The minimum atomic E-state index is 0.308. The minimum Gasteiger partial charge on any atom is -0.462 e. The maximum atomic E-state index is 5.83. The molecule has 2 atom stereocenters. The van der Waals surface area contributed by atoms with Gasteiger partial charge in [0.15, 0.2) is 5.82 Å². The van der Waals surface area contributed by atoms with Gasteiger partial charge in [-0.25, -0.2) is 0 Å². The van der Waals surface area contributed by atoms with Crippen LogP contribution in [-0.2, 0) is 4.74 Å². The van der Waals surface area contributed by atoms with Gasteiger partial charge < -0.3 is 19.7 Å². The molecule has 4 rings (SSSR count). The van der Waals surface area contributed by atoms with Gasteiger partial charge in [0.25, 0.3) is 0 Å². The number of allylic oxidation sites excluding steroid dienone is 2. The van der Waals surface area contributed by atoms with Gasteiger partial charge in [-0.1, -0.05) is 24.3 Å². The first kappa shape index (κ1) is 20.4. The second-order valence-electron chi connectivity index (χ2n) is 7.59. The van der Waals surface area contributed by atoms with Crippen LogP contribution in [0.25, 0.3) is 0 Å². The van der Waals surface area contributed by atoms with Crippen LogP contribution in [0.1, 0.15) is 0 Å². The van der Waals surface area contributed by atoms with E-state index >= 15 is 0 Å².